The molecule has 2 nitrogen and oxygen atoms in total. The zero-order valence-electron chi connectivity index (χ0n) is 14.6. The summed E-state index contributed by atoms with van der Waals surface area (Å²) in [6.07, 6.45) is 0. The van der Waals surface area contributed by atoms with E-state index in [1.54, 1.807) is 0 Å². The molecule has 0 aliphatic heterocycles. The van der Waals surface area contributed by atoms with E-state index in [-0.39, 0.29) is 0 Å². The van der Waals surface area contributed by atoms with E-state index in [1.165, 1.54) is 62.4 Å². The zero-order chi connectivity index (χ0) is 18.0. The average molecular weight is 393 g/mol. The molecule has 0 N–H and O–H groups in total. The Balaban J connectivity index is 1.99. The molecule has 4 heterocycles. The summed E-state index contributed by atoms with van der Waals surface area (Å²) in [4.78, 5) is 0. The predicted molar refractivity (Wildman–Crippen MR) is 123 cm³/mol. The maximum atomic E-state index is 2.49. The molecule has 8 aromatic rings. The number of aromatic nitrogens is 2. The Morgan fingerprint density at radius 2 is 0.679 bits per heavy atom. The first-order valence-electron chi connectivity index (χ1n) is 9.39. The van der Waals surface area contributed by atoms with E-state index in [0.717, 1.165) is 0 Å². The highest BCUT2D eigenvalue weighted by Crippen LogP contribution is 2.43. The molecule has 0 spiro atoms. The third-order valence-corrected chi connectivity index (χ3v) is 8.26. The first kappa shape index (κ1) is 14.0. The molecule has 4 aromatic heterocycles. The summed E-state index contributed by atoms with van der Waals surface area (Å²) in [7, 11) is 0. The van der Waals surface area contributed by atoms with Gasteiger partial charge in [-0.1, -0.05) is 48.5 Å². The summed E-state index contributed by atoms with van der Waals surface area (Å²) in [5.41, 5.74) is 5.29. The molecule has 4 aromatic carbocycles. The van der Waals surface area contributed by atoms with Crippen molar-refractivity contribution in [1.29, 1.82) is 0 Å². The molecule has 4 heteroatoms. The van der Waals surface area contributed by atoms with Crippen molar-refractivity contribution in [1.82, 2.24) is 9.03 Å². The van der Waals surface area contributed by atoms with E-state index >= 15 is 0 Å². The lowest BCUT2D eigenvalue weighted by Crippen LogP contribution is -2.10. The van der Waals surface area contributed by atoms with Crippen LogP contribution in [-0.4, -0.2) is 9.03 Å². The van der Waals surface area contributed by atoms with Gasteiger partial charge in [0.25, 0.3) is 0 Å². The van der Waals surface area contributed by atoms with Crippen molar-refractivity contribution in [2.45, 2.75) is 0 Å². The van der Waals surface area contributed by atoms with Gasteiger partial charge in [-0.05, 0) is 24.3 Å². The number of hydrogen-bond donors (Lipinski definition) is 0. The van der Waals surface area contributed by atoms with Crippen molar-refractivity contribution >= 4 is 85.1 Å². The van der Waals surface area contributed by atoms with Crippen LogP contribution in [-0.2, 0) is 0 Å². The molecule has 28 heavy (non-hydrogen) atoms. The van der Waals surface area contributed by atoms with E-state index in [9.17, 15) is 0 Å². The van der Waals surface area contributed by atoms with E-state index in [2.05, 4.69) is 81.8 Å². The lowest BCUT2D eigenvalue weighted by molar-refractivity contribution is 0.925. The normalized spacial score (nSPS) is 13.0. The van der Waals surface area contributed by atoms with Gasteiger partial charge in [0.05, 0.1) is 40.9 Å². The third-order valence-electron chi connectivity index (χ3n) is 6.06. The first-order chi connectivity index (χ1) is 13.9. The fraction of sp³-hybridized carbons (Fsp3) is 0. The fourth-order valence-electron chi connectivity index (χ4n) is 5.02. The Kier molecular flexibility index (Phi) is 2.24. The lowest BCUT2D eigenvalue weighted by Gasteiger charge is -2.24. The van der Waals surface area contributed by atoms with E-state index in [1.807, 2.05) is 22.7 Å². The monoisotopic (exact) mass is 392 g/mol. The Hall–Kier alpha value is -3.08. The van der Waals surface area contributed by atoms with Gasteiger partial charge in [-0.2, -0.15) is 0 Å². The number of para-hydroxylation sites is 4. The fourth-order valence-corrected chi connectivity index (χ4v) is 7.26. The Morgan fingerprint density at radius 3 is 0.964 bits per heavy atom. The smallest absolute Gasteiger partial charge is 0.0889 e. The highest BCUT2D eigenvalue weighted by molar-refractivity contribution is 7.25. The predicted octanol–water partition coefficient (Wildman–Crippen LogP) is 7.52. The van der Waals surface area contributed by atoms with Crippen LogP contribution in [0.4, 0.5) is 0 Å². The lowest BCUT2D eigenvalue weighted by atomic mass is 10.1. The van der Waals surface area contributed by atoms with Gasteiger partial charge in [0.1, 0.15) is 0 Å². The van der Waals surface area contributed by atoms with Crippen molar-refractivity contribution in [3.8, 4) is 0 Å². The van der Waals surface area contributed by atoms with Gasteiger partial charge in [-0.25, -0.2) is 9.03 Å². The van der Waals surface area contributed by atoms with Gasteiger partial charge in [0.2, 0.25) is 0 Å². The summed E-state index contributed by atoms with van der Waals surface area (Å²) in [6, 6.07) is 26.9. The highest BCUT2D eigenvalue weighted by atomic mass is 32.1. The second-order valence-electron chi connectivity index (χ2n) is 7.44. The number of rotatable bonds is 0. The second kappa shape index (κ2) is 4.49. The van der Waals surface area contributed by atoms with Crippen LogP contribution in [0.25, 0.3) is 62.4 Å². The van der Waals surface area contributed by atoms with E-state index in [0.29, 0.717) is 0 Å². The molecule has 0 radical (unpaired) electrons. The van der Waals surface area contributed by atoms with Crippen molar-refractivity contribution in [2.75, 3.05) is 0 Å². The van der Waals surface area contributed by atoms with Crippen LogP contribution in [0.1, 0.15) is 0 Å². The molecule has 0 unspecified atom stereocenters. The molecular weight excluding hydrogens is 380 g/mol. The Bertz CT molecular complexity index is 1610. The van der Waals surface area contributed by atoms with Crippen molar-refractivity contribution in [3.63, 3.8) is 0 Å². The van der Waals surface area contributed by atoms with Crippen LogP contribution < -0.4 is 0 Å². The summed E-state index contributed by atoms with van der Waals surface area (Å²) < 4.78 is 10.3. The van der Waals surface area contributed by atoms with Crippen LogP contribution in [0.2, 0.25) is 0 Å². The second-order valence-corrected chi connectivity index (χ2v) is 9.60. The topological polar surface area (TPSA) is 8.82 Å². The Morgan fingerprint density at radius 1 is 0.393 bits per heavy atom. The molecule has 130 valence electrons. The van der Waals surface area contributed by atoms with Gasteiger partial charge >= 0.3 is 0 Å². The van der Waals surface area contributed by atoms with Crippen molar-refractivity contribution in [2.24, 2.45) is 0 Å². The van der Waals surface area contributed by atoms with Crippen LogP contribution in [0.15, 0.2) is 72.8 Å². The van der Waals surface area contributed by atoms with E-state index in [4.69, 9.17) is 0 Å². The van der Waals surface area contributed by atoms with Crippen LogP contribution >= 0.6 is 22.7 Å². The summed E-state index contributed by atoms with van der Waals surface area (Å²) in [5, 5.41) is 5.34. The molecular formula is C24H12N2S2. The van der Waals surface area contributed by atoms with Crippen molar-refractivity contribution in [3.05, 3.63) is 72.8 Å². The standard InChI is InChI=1S/C24H12N2S2/c1-5-13-14-6-2-11-19-22(14)26-24-16(8-4-12-20(24)28-19)15-7-3-10-18-23(15)25(26)21(13)17(9-1)27-18/h1-12H. The van der Waals surface area contributed by atoms with Gasteiger partial charge < -0.3 is 0 Å². The summed E-state index contributed by atoms with van der Waals surface area (Å²) >= 11 is 3.79. The minimum Gasteiger partial charge on any atom is -0.245 e. The minimum atomic E-state index is 1.32. The molecule has 0 aliphatic carbocycles. The molecule has 0 fully saturated rings. The van der Waals surface area contributed by atoms with Crippen molar-refractivity contribution < 1.29 is 0 Å². The van der Waals surface area contributed by atoms with Gasteiger partial charge in [-0.3, -0.25) is 0 Å². The number of fused-ring (bicyclic) bond motifs is 2. The molecule has 0 saturated heterocycles. The molecule has 0 amide bonds. The summed E-state index contributed by atoms with van der Waals surface area (Å²) in [5.74, 6) is 0. The van der Waals surface area contributed by atoms with Crippen LogP contribution in [0.3, 0.4) is 0 Å². The number of hydrogen-bond acceptors (Lipinski definition) is 2. The van der Waals surface area contributed by atoms with Gasteiger partial charge in [0.15, 0.2) is 0 Å². The van der Waals surface area contributed by atoms with Crippen LogP contribution in [0.5, 0.6) is 0 Å². The summed E-state index contributed by atoms with van der Waals surface area (Å²) in [6.45, 7) is 0. The SMILES string of the molecule is c1cc2sc3cccc4c5cccc6sc7cccc8c(c1)c2n(c34)n(c78)c65. The Labute approximate surface area is 166 Å². The zero-order valence-corrected chi connectivity index (χ0v) is 16.3. The van der Waals surface area contributed by atoms with Crippen LogP contribution in [0, 0.1) is 0 Å². The minimum absolute atomic E-state index is 1.32. The molecule has 0 saturated carbocycles. The highest BCUT2D eigenvalue weighted by Gasteiger charge is 2.21. The van der Waals surface area contributed by atoms with E-state index < -0.39 is 0 Å². The number of benzene rings is 4. The van der Waals surface area contributed by atoms with Gasteiger partial charge in [-0.15, -0.1) is 22.7 Å². The molecule has 0 atom stereocenters. The third kappa shape index (κ3) is 1.39. The average Bonchev–Trinajstić information content (AvgIpc) is 2.74. The molecule has 0 aliphatic rings. The quantitative estimate of drug-likeness (QED) is 0.186. The first-order valence-corrected chi connectivity index (χ1v) is 11.0. The van der Waals surface area contributed by atoms with Gasteiger partial charge in [0, 0.05) is 21.5 Å². The number of nitrogens with zero attached hydrogens (tertiary/aromatic N) is 2. The molecule has 0 bridgehead atoms. The largest absolute Gasteiger partial charge is 0.245 e. The molecule has 8 rings (SSSR count). The maximum Gasteiger partial charge on any atom is 0.0889 e. The maximum absolute atomic E-state index is 2.49.